The third kappa shape index (κ3) is 5.54. The maximum Gasteiger partial charge on any atom is 0.320 e. The van der Waals surface area contributed by atoms with Crippen LogP contribution in [0.15, 0.2) is 0 Å². The molecule has 84 valence electrons. The lowest BCUT2D eigenvalue weighted by Gasteiger charge is -2.21. The number of alkyl halides is 1. The van der Waals surface area contributed by atoms with Crippen LogP contribution >= 0.6 is 15.9 Å². The van der Waals surface area contributed by atoms with Crippen LogP contribution in [0.5, 0.6) is 0 Å². The Morgan fingerprint density at radius 3 is 2.71 bits per heavy atom. The van der Waals surface area contributed by atoms with Gasteiger partial charge >= 0.3 is 5.97 Å². The highest BCUT2D eigenvalue weighted by molar-refractivity contribution is 9.10. The van der Waals surface area contributed by atoms with Crippen molar-refractivity contribution in [2.45, 2.75) is 17.4 Å². The fourth-order valence-electron chi connectivity index (χ4n) is 0.735. The third-order valence-electron chi connectivity index (χ3n) is 1.63. The van der Waals surface area contributed by atoms with Gasteiger partial charge in [-0.05, 0) is 6.92 Å². The van der Waals surface area contributed by atoms with Crippen molar-refractivity contribution in [1.82, 2.24) is 5.32 Å². The van der Waals surface area contributed by atoms with Gasteiger partial charge in [0.2, 0.25) is 0 Å². The number of rotatable bonds is 6. The van der Waals surface area contributed by atoms with Gasteiger partial charge in [0.15, 0.2) is 0 Å². The largest absolute Gasteiger partial charge is 0.468 e. The lowest BCUT2D eigenvalue weighted by atomic mass is 10.1. The maximum atomic E-state index is 10.9. The SMILES string of the molecule is COC(=O)C(Br)CNCC(C)(O)CO. The minimum Gasteiger partial charge on any atom is -0.468 e. The van der Waals surface area contributed by atoms with Gasteiger partial charge in [-0.25, -0.2) is 0 Å². The number of carbonyl (C=O) groups excluding carboxylic acids is 1. The van der Waals surface area contributed by atoms with E-state index in [0.29, 0.717) is 6.54 Å². The Kier molecular flexibility index (Phi) is 6.26. The average molecular weight is 270 g/mol. The number of halogens is 1. The van der Waals surface area contributed by atoms with Crippen molar-refractivity contribution in [1.29, 1.82) is 0 Å². The van der Waals surface area contributed by atoms with E-state index in [1.165, 1.54) is 14.0 Å². The normalized spacial score (nSPS) is 17.2. The van der Waals surface area contributed by atoms with Crippen molar-refractivity contribution in [3.63, 3.8) is 0 Å². The van der Waals surface area contributed by atoms with Gasteiger partial charge in [-0.15, -0.1) is 0 Å². The zero-order valence-electron chi connectivity index (χ0n) is 8.29. The predicted octanol–water partition coefficient (Wildman–Crippen LogP) is -0.744. The molecule has 0 fully saturated rings. The highest BCUT2D eigenvalue weighted by atomic mass is 79.9. The van der Waals surface area contributed by atoms with E-state index >= 15 is 0 Å². The summed E-state index contributed by atoms with van der Waals surface area (Å²) >= 11 is 3.11. The summed E-state index contributed by atoms with van der Waals surface area (Å²) in [5.74, 6) is -0.374. The summed E-state index contributed by atoms with van der Waals surface area (Å²) in [4.78, 5) is 10.5. The molecule has 0 bridgehead atoms. The van der Waals surface area contributed by atoms with Gasteiger partial charge in [-0.2, -0.15) is 0 Å². The van der Waals surface area contributed by atoms with Crippen molar-refractivity contribution in [3.8, 4) is 0 Å². The first-order chi connectivity index (χ1) is 6.43. The quantitative estimate of drug-likeness (QED) is 0.437. The molecule has 0 aliphatic carbocycles. The van der Waals surface area contributed by atoms with Crippen molar-refractivity contribution in [2.24, 2.45) is 0 Å². The molecule has 0 spiro atoms. The molecule has 0 rings (SSSR count). The number of carbonyl (C=O) groups is 1. The second kappa shape index (κ2) is 6.34. The van der Waals surface area contributed by atoms with Crippen LogP contribution in [0.4, 0.5) is 0 Å². The van der Waals surface area contributed by atoms with Crippen LogP contribution in [0.3, 0.4) is 0 Å². The summed E-state index contributed by atoms with van der Waals surface area (Å²) < 4.78 is 4.48. The van der Waals surface area contributed by atoms with Crippen LogP contribution in [-0.2, 0) is 9.53 Å². The first kappa shape index (κ1) is 13.8. The van der Waals surface area contributed by atoms with Gasteiger partial charge < -0.3 is 20.3 Å². The Hall–Kier alpha value is -0.170. The number of methoxy groups -OCH3 is 1. The van der Waals surface area contributed by atoms with Crippen LogP contribution in [0, 0.1) is 0 Å². The second-order valence-corrected chi connectivity index (χ2v) is 4.38. The number of aliphatic hydroxyl groups excluding tert-OH is 1. The molecule has 0 heterocycles. The Labute approximate surface area is 91.6 Å². The second-order valence-electron chi connectivity index (χ2n) is 3.28. The minimum absolute atomic E-state index is 0.211. The molecule has 2 atom stereocenters. The van der Waals surface area contributed by atoms with Gasteiger partial charge in [-0.3, -0.25) is 4.79 Å². The number of hydrogen-bond donors (Lipinski definition) is 3. The number of esters is 1. The molecule has 0 aliphatic rings. The van der Waals surface area contributed by atoms with Crippen LogP contribution in [-0.4, -0.2) is 53.4 Å². The predicted molar refractivity (Wildman–Crippen MR) is 55.3 cm³/mol. The lowest BCUT2D eigenvalue weighted by molar-refractivity contribution is -0.139. The van der Waals surface area contributed by atoms with Crippen molar-refractivity contribution in [3.05, 3.63) is 0 Å². The molecule has 0 aromatic rings. The molecule has 0 saturated heterocycles. The van der Waals surface area contributed by atoms with Crippen LogP contribution in [0.2, 0.25) is 0 Å². The van der Waals surface area contributed by atoms with Gasteiger partial charge in [0, 0.05) is 13.1 Å². The smallest absolute Gasteiger partial charge is 0.320 e. The molecular weight excluding hydrogens is 254 g/mol. The number of hydrogen-bond acceptors (Lipinski definition) is 5. The molecule has 0 radical (unpaired) electrons. The summed E-state index contributed by atoms with van der Waals surface area (Å²) in [6.45, 7) is 1.72. The third-order valence-corrected chi connectivity index (χ3v) is 2.32. The van der Waals surface area contributed by atoms with Crippen LogP contribution < -0.4 is 5.32 Å². The van der Waals surface area contributed by atoms with Crippen LogP contribution in [0.1, 0.15) is 6.92 Å². The number of aliphatic hydroxyl groups is 2. The highest BCUT2D eigenvalue weighted by Gasteiger charge is 2.20. The van der Waals surface area contributed by atoms with Gasteiger partial charge in [-0.1, -0.05) is 15.9 Å². The number of nitrogens with one attached hydrogen (secondary N) is 1. The Balaban J connectivity index is 3.69. The summed E-state index contributed by atoms with van der Waals surface area (Å²) in [5.41, 5.74) is -1.16. The van der Waals surface area contributed by atoms with Crippen LogP contribution in [0.25, 0.3) is 0 Å². The summed E-state index contributed by atoms with van der Waals surface area (Å²) in [7, 11) is 1.31. The van der Waals surface area contributed by atoms with E-state index in [4.69, 9.17) is 5.11 Å². The molecule has 14 heavy (non-hydrogen) atoms. The summed E-state index contributed by atoms with van der Waals surface area (Å²) in [6.07, 6.45) is 0. The first-order valence-electron chi connectivity index (χ1n) is 4.19. The standard InChI is InChI=1S/C8H16BrNO4/c1-8(13,5-11)4-10-3-6(9)7(12)14-2/h6,10-11,13H,3-5H2,1-2H3. The topological polar surface area (TPSA) is 78.8 Å². The van der Waals surface area contributed by atoms with E-state index in [9.17, 15) is 9.90 Å². The molecule has 3 N–H and O–H groups in total. The Morgan fingerprint density at radius 2 is 2.29 bits per heavy atom. The van der Waals surface area contributed by atoms with Gasteiger partial charge in [0.05, 0.1) is 19.3 Å². The molecule has 0 saturated carbocycles. The fraction of sp³-hybridized carbons (Fsp3) is 0.875. The first-order valence-corrected chi connectivity index (χ1v) is 5.10. The van der Waals surface area contributed by atoms with Gasteiger partial charge in [0.25, 0.3) is 0 Å². The zero-order valence-corrected chi connectivity index (χ0v) is 9.87. The highest BCUT2D eigenvalue weighted by Crippen LogP contribution is 2.02. The van der Waals surface area contributed by atoms with E-state index in [2.05, 4.69) is 26.0 Å². The molecule has 0 aliphatic heterocycles. The molecule has 6 heteroatoms. The van der Waals surface area contributed by atoms with Crippen molar-refractivity contribution < 1.29 is 19.7 Å². The van der Waals surface area contributed by atoms with E-state index in [1.54, 1.807) is 0 Å². The van der Waals surface area contributed by atoms with Crippen molar-refractivity contribution >= 4 is 21.9 Å². The molecular formula is C8H16BrNO4. The van der Waals surface area contributed by atoms with E-state index < -0.39 is 10.4 Å². The average Bonchev–Trinajstić information content (AvgIpc) is 2.16. The van der Waals surface area contributed by atoms with E-state index in [0.717, 1.165) is 0 Å². The van der Waals surface area contributed by atoms with Crippen molar-refractivity contribution in [2.75, 3.05) is 26.8 Å². The molecule has 0 aromatic heterocycles. The molecule has 0 aromatic carbocycles. The fourth-order valence-corrected chi connectivity index (χ4v) is 1.15. The maximum absolute atomic E-state index is 10.9. The summed E-state index contributed by atoms with van der Waals surface area (Å²) in [5, 5.41) is 20.9. The van der Waals surface area contributed by atoms with Gasteiger partial charge in [0.1, 0.15) is 4.83 Å². The Morgan fingerprint density at radius 1 is 1.71 bits per heavy atom. The lowest BCUT2D eigenvalue weighted by Crippen LogP contribution is -2.43. The summed E-state index contributed by atoms with van der Waals surface area (Å²) in [6, 6.07) is 0. The van der Waals surface area contributed by atoms with E-state index in [1.807, 2.05) is 0 Å². The number of ether oxygens (including phenoxy) is 1. The minimum atomic E-state index is -1.16. The zero-order chi connectivity index (χ0) is 11.2. The monoisotopic (exact) mass is 269 g/mol. The molecule has 0 amide bonds. The molecule has 5 nitrogen and oxygen atoms in total. The molecule has 2 unspecified atom stereocenters. The Bertz CT molecular complexity index is 186. The van der Waals surface area contributed by atoms with E-state index in [-0.39, 0.29) is 19.1 Å².